The first kappa shape index (κ1) is 18.9. The van der Waals surface area contributed by atoms with E-state index in [0.29, 0.717) is 30.1 Å². The fraction of sp³-hybridized carbons (Fsp3) is 0.263. The third kappa shape index (κ3) is 4.65. The summed E-state index contributed by atoms with van der Waals surface area (Å²) in [5.41, 5.74) is 1.50. The van der Waals surface area contributed by atoms with E-state index in [-0.39, 0.29) is 18.1 Å². The predicted molar refractivity (Wildman–Crippen MR) is 100 cm³/mol. The fourth-order valence-corrected chi connectivity index (χ4v) is 3.79. The number of hydrogen-bond acceptors (Lipinski definition) is 6. The summed E-state index contributed by atoms with van der Waals surface area (Å²) >= 11 is 0. The van der Waals surface area contributed by atoms with Crippen molar-refractivity contribution in [3.8, 4) is 5.75 Å². The maximum atomic E-state index is 11.9. The Hall–Kier alpha value is -2.87. The van der Waals surface area contributed by atoms with Gasteiger partial charge in [-0.15, -0.1) is 4.40 Å². The Balaban J connectivity index is 1.39. The van der Waals surface area contributed by atoms with Crippen LogP contribution in [0.1, 0.15) is 17.5 Å². The minimum Gasteiger partial charge on any atom is -0.482 e. The molecule has 0 aromatic heterocycles. The number of ether oxygens (including phenoxy) is 2. The summed E-state index contributed by atoms with van der Waals surface area (Å²) in [5, 5.41) is 2.98. The van der Waals surface area contributed by atoms with Crippen LogP contribution in [0, 0.1) is 6.92 Å². The van der Waals surface area contributed by atoms with Crippen LogP contribution in [0.4, 0.5) is 0 Å². The first-order chi connectivity index (χ1) is 13.0. The first-order valence-corrected chi connectivity index (χ1v) is 9.94. The van der Waals surface area contributed by atoms with Crippen molar-refractivity contribution in [2.45, 2.75) is 18.2 Å². The molecule has 2 aromatic rings. The summed E-state index contributed by atoms with van der Waals surface area (Å²) in [6.45, 7) is 2.37. The van der Waals surface area contributed by atoms with Gasteiger partial charge in [0.25, 0.3) is 10.0 Å². The fourth-order valence-electron chi connectivity index (χ4n) is 2.59. The second-order valence-corrected chi connectivity index (χ2v) is 7.54. The van der Waals surface area contributed by atoms with Gasteiger partial charge in [0, 0.05) is 12.1 Å². The molecule has 0 spiro atoms. The standard InChI is InChI=1S/C19H20N2O5S/c1-14-7-2-4-9-16(14)26-13-18(22)25-12-6-11-20-19-15-8-3-5-10-17(15)27(23,24)21-19/h2-5,7-10H,6,11-13H2,1H3,(H,20,21). The van der Waals surface area contributed by atoms with Crippen LogP contribution in [0.15, 0.2) is 57.8 Å². The summed E-state index contributed by atoms with van der Waals surface area (Å²) in [5.74, 6) is 0.513. The molecule has 1 aliphatic heterocycles. The number of carbonyl (C=O) groups excluding carboxylic acids is 1. The van der Waals surface area contributed by atoms with Gasteiger partial charge >= 0.3 is 5.97 Å². The summed E-state index contributed by atoms with van der Waals surface area (Å²) < 4.78 is 38.2. The molecule has 0 bridgehead atoms. The molecule has 142 valence electrons. The number of hydrogen-bond donors (Lipinski definition) is 1. The van der Waals surface area contributed by atoms with E-state index < -0.39 is 16.0 Å². The Morgan fingerprint density at radius 3 is 2.67 bits per heavy atom. The van der Waals surface area contributed by atoms with Crippen LogP contribution < -0.4 is 10.1 Å². The zero-order chi connectivity index (χ0) is 19.3. The maximum absolute atomic E-state index is 11.9. The number of sulfonamides is 1. The molecule has 8 heteroatoms. The molecule has 0 saturated heterocycles. The van der Waals surface area contributed by atoms with Gasteiger partial charge in [0.1, 0.15) is 16.5 Å². The van der Waals surface area contributed by atoms with Crippen molar-refractivity contribution in [1.29, 1.82) is 0 Å². The minimum absolute atomic E-state index is 0.156. The number of fused-ring (bicyclic) bond motifs is 1. The molecule has 27 heavy (non-hydrogen) atoms. The number of carbonyl (C=O) groups is 1. The van der Waals surface area contributed by atoms with E-state index in [1.807, 2.05) is 25.1 Å². The van der Waals surface area contributed by atoms with Crippen LogP contribution in [-0.2, 0) is 19.6 Å². The average molecular weight is 388 g/mol. The predicted octanol–water partition coefficient (Wildman–Crippen LogP) is 2.05. The van der Waals surface area contributed by atoms with E-state index in [1.165, 1.54) is 6.07 Å². The van der Waals surface area contributed by atoms with Gasteiger partial charge in [-0.3, -0.25) is 0 Å². The van der Waals surface area contributed by atoms with E-state index in [0.717, 1.165) is 5.56 Å². The van der Waals surface area contributed by atoms with Crippen molar-refractivity contribution >= 4 is 21.8 Å². The number of para-hydroxylation sites is 1. The van der Waals surface area contributed by atoms with Gasteiger partial charge in [-0.1, -0.05) is 30.3 Å². The van der Waals surface area contributed by atoms with E-state index >= 15 is 0 Å². The monoisotopic (exact) mass is 388 g/mol. The Morgan fingerprint density at radius 2 is 1.85 bits per heavy atom. The average Bonchev–Trinajstić information content (AvgIpc) is 2.92. The van der Waals surface area contributed by atoms with E-state index in [1.54, 1.807) is 24.3 Å². The van der Waals surface area contributed by atoms with Crippen LogP contribution in [0.2, 0.25) is 0 Å². The van der Waals surface area contributed by atoms with Crippen LogP contribution in [0.5, 0.6) is 5.75 Å². The van der Waals surface area contributed by atoms with Crippen molar-refractivity contribution in [1.82, 2.24) is 5.32 Å². The molecule has 0 unspecified atom stereocenters. The molecule has 0 aliphatic carbocycles. The maximum Gasteiger partial charge on any atom is 0.344 e. The van der Waals surface area contributed by atoms with E-state index in [4.69, 9.17) is 9.47 Å². The lowest BCUT2D eigenvalue weighted by molar-refractivity contribution is -0.146. The summed E-state index contributed by atoms with van der Waals surface area (Å²) in [4.78, 5) is 11.9. The summed E-state index contributed by atoms with van der Waals surface area (Å²) in [6, 6.07) is 14.1. The highest BCUT2D eigenvalue weighted by Gasteiger charge is 2.27. The van der Waals surface area contributed by atoms with Crippen molar-refractivity contribution in [2.75, 3.05) is 19.8 Å². The highest BCUT2D eigenvalue weighted by atomic mass is 32.2. The highest BCUT2D eigenvalue weighted by molar-refractivity contribution is 7.90. The zero-order valence-corrected chi connectivity index (χ0v) is 15.7. The lowest BCUT2D eigenvalue weighted by atomic mass is 10.2. The Morgan fingerprint density at radius 1 is 1.11 bits per heavy atom. The zero-order valence-electron chi connectivity index (χ0n) is 14.8. The van der Waals surface area contributed by atoms with Gasteiger partial charge in [0.05, 0.1) is 6.61 Å². The topological polar surface area (TPSA) is 94.1 Å². The lowest BCUT2D eigenvalue weighted by Gasteiger charge is -2.09. The number of rotatable bonds is 7. The molecule has 3 rings (SSSR count). The first-order valence-electron chi connectivity index (χ1n) is 8.50. The largest absolute Gasteiger partial charge is 0.482 e. The van der Waals surface area contributed by atoms with Gasteiger partial charge in [-0.2, -0.15) is 8.42 Å². The number of aryl methyl sites for hydroxylation is 1. The van der Waals surface area contributed by atoms with Crippen molar-refractivity contribution < 1.29 is 22.7 Å². The van der Waals surface area contributed by atoms with E-state index in [2.05, 4.69) is 9.71 Å². The lowest BCUT2D eigenvalue weighted by Crippen LogP contribution is -2.25. The quantitative estimate of drug-likeness (QED) is 0.576. The number of nitrogens with zero attached hydrogens (tertiary/aromatic N) is 1. The van der Waals surface area contributed by atoms with Crippen LogP contribution >= 0.6 is 0 Å². The molecule has 0 amide bonds. The van der Waals surface area contributed by atoms with Crippen molar-refractivity contribution in [3.05, 3.63) is 59.7 Å². The molecule has 2 aromatic carbocycles. The Kier molecular flexibility index (Phi) is 5.75. The summed E-state index contributed by atoms with van der Waals surface area (Å²) in [6.07, 6.45) is 0.511. The van der Waals surface area contributed by atoms with Crippen LogP contribution in [0.3, 0.4) is 0 Å². The van der Waals surface area contributed by atoms with Gasteiger partial charge in [0.15, 0.2) is 6.61 Å². The molecule has 0 fully saturated rings. The number of amidine groups is 1. The van der Waals surface area contributed by atoms with E-state index in [9.17, 15) is 13.2 Å². The van der Waals surface area contributed by atoms with Crippen LogP contribution in [-0.4, -0.2) is 40.0 Å². The SMILES string of the molecule is Cc1ccccc1OCC(=O)OCCCNC1=NS(=O)(=O)c2ccccc21. The second-order valence-electron chi connectivity index (χ2n) is 5.97. The summed E-state index contributed by atoms with van der Waals surface area (Å²) in [7, 11) is -3.62. The van der Waals surface area contributed by atoms with Gasteiger partial charge in [-0.05, 0) is 37.1 Å². The molecule has 0 saturated carbocycles. The molecule has 1 aliphatic rings. The van der Waals surface area contributed by atoms with Gasteiger partial charge in [-0.25, -0.2) is 4.79 Å². The Bertz CT molecular complexity index is 970. The molecule has 1 heterocycles. The highest BCUT2D eigenvalue weighted by Crippen LogP contribution is 2.24. The molecular weight excluding hydrogens is 368 g/mol. The van der Waals surface area contributed by atoms with Gasteiger partial charge in [0.2, 0.25) is 0 Å². The van der Waals surface area contributed by atoms with Crippen molar-refractivity contribution in [3.63, 3.8) is 0 Å². The molecule has 7 nitrogen and oxygen atoms in total. The number of esters is 1. The second kappa shape index (κ2) is 8.22. The molecule has 1 N–H and O–H groups in total. The molecule has 0 atom stereocenters. The minimum atomic E-state index is -3.62. The number of benzene rings is 2. The normalized spacial score (nSPS) is 14.2. The Labute approximate surface area is 158 Å². The van der Waals surface area contributed by atoms with Crippen molar-refractivity contribution in [2.24, 2.45) is 4.40 Å². The van der Waals surface area contributed by atoms with Gasteiger partial charge < -0.3 is 14.8 Å². The number of nitrogens with one attached hydrogen (secondary N) is 1. The third-order valence-corrected chi connectivity index (χ3v) is 5.28. The smallest absolute Gasteiger partial charge is 0.344 e. The van der Waals surface area contributed by atoms with Crippen LogP contribution in [0.25, 0.3) is 0 Å². The molecule has 0 radical (unpaired) electrons. The molecular formula is C19H20N2O5S. The third-order valence-electron chi connectivity index (χ3n) is 3.95.